The number of nitrogens with zero attached hydrogens (tertiary/aromatic N) is 1. The minimum absolute atomic E-state index is 0.0363. The molecule has 0 saturated carbocycles. The predicted molar refractivity (Wildman–Crippen MR) is 115 cm³/mol. The SMILES string of the molecule is CCc1ccc(C(C)NC(=O)CN(C)CC(=O)Nc2c(Cl)cccc2Cl)cc1. The van der Waals surface area contributed by atoms with Gasteiger partial charge >= 0.3 is 0 Å². The summed E-state index contributed by atoms with van der Waals surface area (Å²) >= 11 is 12.1. The van der Waals surface area contributed by atoms with Crippen LogP contribution in [-0.2, 0) is 16.0 Å². The molecule has 0 aliphatic carbocycles. The van der Waals surface area contributed by atoms with Crippen LogP contribution in [0.1, 0.15) is 31.0 Å². The second-order valence-electron chi connectivity index (χ2n) is 6.70. The monoisotopic (exact) mass is 421 g/mol. The van der Waals surface area contributed by atoms with Crippen LogP contribution in [0.2, 0.25) is 10.0 Å². The van der Waals surface area contributed by atoms with E-state index in [0.717, 1.165) is 12.0 Å². The fourth-order valence-corrected chi connectivity index (χ4v) is 3.25. The summed E-state index contributed by atoms with van der Waals surface area (Å²) in [6.07, 6.45) is 0.979. The number of benzene rings is 2. The van der Waals surface area contributed by atoms with E-state index >= 15 is 0 Å². The molecule has 0 aromatic heterocycles. The highest BCUT2D eigenvalue weighted by atomic mass is 35.5. The zero-order chi connectivity index (χ0) is 20.7. The molecule has 2 rings (SSSR count). The van der Waals surface area contributed by atoms with Crippen molar-refractivity contribution in [1.29, 1.82) is 0 Å². The van der Waals surface area contributed by atoms with Gasteiger partial charge in [-0.3, -0.25) is 14.5 Å². The molecule has 28 heavy (non-hydrogen) atoms. The predicted octanol–water partition coefficient (Wildman–Crippen LogP) is 4.30. The van der Waals surface area contributed by atoms with Crippen molar-refractivity contribution in [3.8, 4) is 0 Å². The van der Waals surface area contributed by atoms with E-state index in [9.17, 15) is 9.59 Å². The number of nitrogens with one attached hydrogen (secondary N) is 2. The molecule has 0 radical (unpaired) electrons. The minimum atomic E-state index is -0.298. The number of aryl methyl sites for hydroxylation is 1. The van der Waals surface area contributed by atoms with E-state index in [1.807, 2.05) is 19.1 Å². The number of para-hydroxylation sites is 1. The van der Waals surface area contributed by atoms with Gasteiger partial charge in [0.2, 0.25) is 11.8 Å². The molecular weight excluding hydrogens is 397 g/mol. The standard InChI is InChI=1S/C21H25Cl2N3O2/c1-4-15-8-10-16(11-9-15)14(2)24-19(27)12-26(3)13-20(28)25-21-17(22)6-5-7-18(21)23/h5-11,14H,4,12-13H2,1-3H3,(H,24,27)(H,25,28). The van der Waals surface area contributed by atoms with Crippen molar-refractivity contribution in [3.63, 3.8) is 0 Å². The Hall–Kier alpha value is -2.08. The molecule has 0 fully saturated rings. The Morgan fingerprint density at radius 3 is 2.14 bits per heavy atom. The van der Waals surface area contributed by atoms with Gasteiger partial charge in [-0.25, -0.2) is 0 Å². The molecule has 1 atom stereocenters. The second kappa shape index (κ2) is 10.5. The molecular formula is C21H25Cl2N3O2. The third kappa shape index (κ3) is 6.51. The van der Waals surface area contributed by atoms with Gasteiger partial charge in [-0.15, -0.1) is 0 Å². The molecule has 2 N–H and O–H groups in total. The minimum Gasteiger partial charge on any atom is -0.348 e. The van der Waals surface area contributed by atoms with E-state index in [2.05, 4.69) is 29.7 Å². The summed E-state index contributed by atoms with van der Waals surface area (Å²) in [5.74, 6) is -0.452. The van der Waals surface area contributed by atoms with Crippen molar-refractivity contribution < 1.29 is 9.59 Å². The molecule has 1 unspecified atom stereocenters. The number of hydrogen-bond acceptors (Lipinski definition) is 3. The zero-order valence-corrected chi connectivity index (χ0v) is 17.8. The van der Waals surface area contributed by atoms with Gasteiger partial charge in [0.1, 0.15) is 0 Å². The van der Waals surface area contributed by atoms with Gasteiger partial charge in [0, 0.05) is 0 Å². The zero-order valence-electron chi connectivity index (χ0n) is 16.3. The summed E-state index contributed by atoms with van der Waals surface area (Å²) in [6.45, 7) is 4.17. The van der Waals surface area contributed by atoms with E-state index in [1.165, 1.54) is 5.56 Å². The first-order chi connectivity index (χ1) is 13.3. The summed E-state index contributed by atoms with van der Waals surface area (Å²) in [7, 11) is 1.70. The van der Waals surface area contributed by atoms with Crippen molar-refractivity contribution in [2.75, 3.05) is 25.5 Å². The van der Waals surface area contributed by atoms with Gasteiger partial charge in [-0.05, 0) is 43.7 Å². The highest BCUT2D eigenvalue weighted by Crippen LogP contribution is 2.29. The number of likely N-dealkylation sites (N-methyl/N-ethyl adjacent to an activating group) is 1. The van der Waals surface area contributed by atoms with Gasteiger partial charge < -0.3 is 10.6 Å². The average Bonchev–Trinajstić information content (AvgIpc) is 2.64. The Morgan fingerprint density at radius 2 is 1.57 bits per heavy atom. The lowest BCUT2D eigenvalue weighted by Gasteiger charge is -2.19. The fourth-order valence-electron chi connectivity index (χ4n) is 2.75. The molecule has 0 heterocycles. The molecule has 5 nitrogen and oxygen atoms in total. The highest BCUT2D eigenvalue weighted by Gasteiger charge is 2.15. The molecule has 0 saturated heterocycles. The fraction of sp³-hybridized carbons (Fsp3) is 0.333. The van der Waals surface area contributed by atoms with Crippen LogP contribution >= 0.6 is 23.2 Å². The molecule has 0 aliphatic rings. The number of halogens is 2. The van der Waals surface area contributed by atoms with E-state index < -0.39 is 0 Å². The first-order valence-electron chi connectivity index (χ1n) is 9.10. The van der Waals surface area contributed by atoms with Gasteiger partial charge in [-0.2, -0.15) is 0 Å². The molecule has 7 heteroatoms. The van der Waals surface area contributed by atoms with Gasteiger partial charge in [0.25, 0.3) is 0 Å². The summed E-state index contributed by atoms with van der Waals surface area (Å²) in [6, 6.07) is 13.1. The molecule has 150 valence electrons. The smallest absolute Gasteiger partial charge is 0.238 e. The first-order valence-corrected chi connectivity index (χ1v) is 9.86. The quantitative estimate of drug-likeness (QED) is 0.667. The number of anilines is 1. The van der Waals surface area contributed by atoms with Crippen molar-refractivity contribution in [3.05, 3.63) is 63.6 Å². The average molecular weight is 422 g/mol. The number of amides is 2. The largest absolute Gasteiger partial charge is 0.348 e. The number of rotatable bonds is 8. The van der Waals surface area contributed by atoms with Gasteiger partial charge in [-0.1, -0.05) is 60.5 Å². The van der Waals surface area contributed by atoms with Crippen molar-refractivity contribution >= 4 is 40.7 Å². The first kappa shape index (κ1) is 22.2. The maximum Gasteiger partial charge on any atom is 0.238 e. The molecule has 2 aromatic carbocycles. The number of carbonyl (C=O) groups excluding carboxylic acids is 2. The Balaban J connectivity index is 1.83. The molecule has 0 aliphatic heterocycles. The summed E-state index contributed by atoms with van der Waals surface area (Å²) in [4.78, 5) is 26.1. The lowest BCUT2D eigenvalue weighted by molar-refractivity contribution is -0.123. The van der Waals surface area contributed by atoms with E-state index in [1.54, 1.807) is 30.1 Å². The van der Waals surface area contributed by atoms with Crippen LogP contribution < -0.4 is 10.6 Å². The van der Waals surface area contributed by atoms with Crippen molar-refractivity contribution in [2.45, 2.75) is 26.3 Å². The van der Waals surface area contributed by atoms with Crippen LogP contribution in [0.5, 0.6) is 0 Å². The maximum absolute atomic E-state index is 12.3. The topological polar surface area (TPSA) is 61.4 Å². The Kier molecular flexibility index (Phi) is 8.30. The van der Waals surface area contributed by atoms with Gasteiger partial charge in [0.15, 0.2) is 0 Å². The van der Waals surface area contributed by atoms with E-state index in [4.69, 9.17) is 23.2 Å². The summed E-state index contributed by atoms with van der Waals surface area (Å²) in [5.41, 5.74) is 2.67. The van der Waals surface area contributed by atoms with Gasteiger partial charge in [0.05, 0.1) is 34.9 Å². The third-order valence-electron chi connectivity index (χ3n) is 4.32. The molecule has 0 spiro atoms. The normalized spacial score (nSPS) is 11.9. The van der Waals surface area contributed by atoms with Crippen LogP contribution in [-0.4, -0.2) is 36.9 Å². The van der Waals surface area contributed by atoms with Crippen molar-refractivity contribution in [2.24, 2.45) is 0 Å². The molecule has 2 amide bonds. The van der Waals surface area contributed by atoms with E-state index in [-0.39, 0.29) is 30.9 Å². The molecule has 2 aromatic rings. The van der Waals surface area contributed by atoms with E-state index in [0.29, 0.717) is 15.7 Å². The third-order valence-corrected chi connectivity index (χ3v) is 4.95. The Morgan fingerprint density at radius 1 is 1.00 bits per heavy atom. The number of carbonyl (C=O) groups is 2. The Labute approximate surface area is 176 Å². The summed E-state index contributed by atoms with van der Waals surface area (Å²) < 4.78 is 0. The highest BCUT2D eigenvalue weighted by molar-refractivity contribution is 6.39. The molecule has 0 bridgehead atoms. The van der Waals surface area contributed by atoms with Crippen LogP contribution in [0.4, 0.5) is 5.69 Å². The van der Waals surface area contributed by atoms with Crippen molar-refractivity contribution in [1.82, 2.24) is 10.2 Å². The van der Waals surface area contributed by atoms with Crippen LogP contribution in [0, 0.1) is 0 Å². The maximum atomic E-state index is 12.3. The lowest BCUT2D eigenvalue weighted by Crippen LogP contribution is -2.39. The second-order valence-corrected chi connectivity index (χ2v) is 7.52. The summed E-state index contributed by atoms with van der Waals surface area (Å²) in [5, 5.41) is 6.36. The van der Waals surface area contributed by atoms with Crippen LogP contribution in [0.3, 0.4) is 0 Å². The Bertz CT molecular complexity index is 805. The number of hydrogen-bond donors (Lipinski definition) is 2. The van der Waals surface area contributed by atoms with Crippen LogP contribution in [0.15, 0.2) is 42.5 Å². The van der Waals surface area contributed by atoms with Crippen LogP contribution in [0.25, 0.3) is 0 Å². The lowest BCUT2D eigenvalue weighted by atomic mass is 10.1.